The van der Waals surface area contributed by atoms with E-state index in [9.17, 15) is 8.78 Å². The van der Waals surface area contributed by atoms with Crippen LogP contribution in [0.4, 0.5) is 8.78 Å². The monoisotopic (exact) mass is 233 g/mol. The fourth-order valence-electron chi connectivity index (χ4n) is 1.85. The zero-order valence-electron chi connectivity index (χ0n) is 9.50. The summed E-state index contributed by atoms with van der Waals surface area (Å²) < 4.78 is 26.3. The van der Waals surface area contributed by atoms with Crippen LogP contribution < -0.4 is 5.73 Å². The van der Waals surface area contributed by atoms with E-state index in [4.69, 9.17) is 5.73 Å². The van der Waals surface area contributed by atoms with Crippen LogP contribution in [0.2, 0.25) is 0 Å². The number of benzene rings is 2. The van der Waals surface area contributed by atoms with Crippen LogP contribution in [0.1, 0.15) is 11.1 Å². The Morgan fingerprint density at radius 1 is 1.06 bits per heavy atom. The Bertz CT molecular complexity index is 550. The molecule has 0 radical (unpaired) electrons. The normalized spacial score (nSPS) is 10.6. The van der Waals surface area contributed by atoms with Gasteiger partial charge < -0.3 is 5.73 Å². The van der Waals surface area contributed by atoms with Crippen molar-refractivity contribution in [3.05, 3.63) is 59.2 Å². The van der Waals surface area contributed by atoms with Gasteiger partial charge in [-0.1, -0.05) is 12.1 Å². The lowest BCUT2D eigenvalue weighted by Gasteiger charge is -2.08. The molecule has 2 rings (SSSR count). The molecule has 2 aromatic carbocycles. The molecule has 2 N–H and O–H groups in total. The molecule has 0 aliphatic carbocycles. The lowest BCUT2D eigenvalue weighted by molar-refractivity contribution is 0.611. The van der Waals surface area contributed by atoms with Crippen molar-refractivity contribution in [1.82, 2.24) is 0 Å². The molecule has 1 nitrogen and oxygen atoms in total. The van der Waals surface area contributed by atoms with Crippen molar-refractivity contribution in [2.45, 2.75) is 13.5 Å². The van der Waals surface area contributed by atoms with Crippen molar-refractivity contribution in [2.24, 2.45) is 5.73 Å². The zero-order valence-corrected chi connectivity index (χ0v) is 9.50. The van der Waals surface area contributed by atoms with E-state index < -0.39 is 0 Å². The molecule has 0 spiro atoms. The van der Waals surface area contributed by atoms with E-state index in [-0.39, 0.29) is 18.2 Å². The first-order valence-electron chi connectivity index (χ1n) is 5.37. The van der Waals surface area contributed by atoms with Gasteiger partial charge in [-0.3, -0.25) is 0 Å². The Balaban J connectivity index is 2.53. The number of halogens is 2. The number of nitrogens with two attached hydrogens (primary N) is 1. The molecule has 0 heterocycles. The molecule has 0 aromatic heterocycles. The Morgan fingerprint density at radius 3 is 2.47 bits per heavy atom. The topological polar surface area (TPSA) is 26.0 Å². The largest absolute Gasteiger partial charge is 0.326 e. The summed E-state index contributed by atoms with van der Waals surface area (Å²) in [5.74, 6) is -0.580. The maximum Gasteiger partial charge on any atom is 0.127 e. The van der Waals surface area contributed by atoms with E-state index in [0.29, 0.717) is 5.56 Å². The molecule has 0 aliphatic rings. The fraction of sp³-hybridized carbons (Fsp3) is 0.143. The number of aryl methyl sites for hydroxylation is 1. The fourth-order valence-corrected chi connectivity index (χ4v) is 1.85. The minimum absolute atomic E-state index is 0.153. The van der Waals surface area contributed by atoms with E-state index >= 15 is 0 Å². The second-order valence-corrected chi connectivity index (χ2v) is 3.97. The Morgan fingerprint density at radius 2 is 1.82 bits per heavy atom. The SMILES string of the molecule is Cc1cc(F)ccc1-c1ccc(F)c(CN)c1. The zero-order chi connectivity index (χ0) is 12.4. The van der Waals surface area contributed by atoms with Crippen LogP contribution in [0.5, 0.6) is 0 Å². The highest BCUT2D eigenvalue weighted by molar-refractivity contribution is 5.67. The molecule has 0 atom stereocenters. The lowest BCUT2D eigenvalue weighted by atomic mass is 9.98. The first-order chi connectivity index (χ1) is 8.11. The van der Waals surface area contributed by atoms with E-state index in [2.05, 4.69) is 0 Å². The minimum atomic E-state index is -0.309. The highest BCUT2D eigenvalue weighted by Crippen LogP contribution is 2.25. The van der Waals surface area contributed by atoms with E-state index in [0.717, 1.165) is 16.7 Å². The van der Waals surface area contributed by atoms with Gasteiger partial charge in [0.1, 0.15) is 11.6 Å². The van der Waals surface area contributed by atoms with Gasteiger partial charge >= 0.3 is 0 Å². The number of hydrogen-bond donors (Lipinski definition) is 1. The number of hydrogen-bond acceptors (Lipinski definition) is 1. The van der Waals surface area contributed by atoms with Gasteiger partial charge in [-0.25, -0.2) is 8.78 Å². The van der Waals surface area contributed by atoms with Crippen molar-refractivity contribution in [2.75, 3.05) is 0 Å². The summed E-state index contributed by atoms with van der Waals surface area (Å²) in [6.45, 7) is 1.98. The van der Waals surface area contributed by atoms with Crippen LogP contribution >= 0.6 is 0 Å². The van der Waals surface area contributed by atoms with Crippen LogP contribution in [-0.4, -0.2) is 0 Å². The van der Waals surface area contributed by atoms with Crippen molar-refractivity contribution >= 4 is 0 Å². The van der Waals surface area contributed by atoms with Crippen LogP contribution in [0.25, 0.3) is 11.1 Å². The number of rotatable bonds is 2. The first kappa shape index (κ1) is 11.7. The molecular weight excluding hydrogens is 220 g/mol. The summed E-state index contributed by atoms with van der Waals surface area (Å²) in [7, 11) is 0. The van der Waals surface area contributed by atoms with Crippen LogP contribution in [0, 0.1) is 18.6 Å². The second-order valence-electron chi connectivity index (χ2n) is 3.97. The predicted molar refractivity (Wildman–Crippen MR) is 64.4 cm³/mol. The van der Waals surface area contributed by atoms with Gasteiger partial charge in [-0.05, 0) is 47.9 Å². The summed E-state index contributed by atoms with van der Waals surface area (Å²) in [4.78, 5) is 0. The van der Waals surface area contributed by atoms with Crippen LogP contribution in [-0.2, 0) is 6.54 Å². The standard InChI is InChI=1S/C14H13F2N/c1-9-6-12(15)3-4-13(9)10-2-5-14(16)11(7-10)8-17/h2-7H,8,17H2,1H3. The molecule has 0 saturated carbocycles. The Kier molecular flexibility index (Phi) is 3.20. The van der Waals surface area contributed by atoms with Gasteiger partial charge in [0, 0.05) is 12.1 Å². The van der Waals surface area contributed by atoms with E-state index in [1.54, 1.807) is 18.2 Å². The van der Waals surface area contributed by atoms with Crippen molar-refractivity contribution in [1.29, 1.82) is 0 Å². The summed E-state index contributed by atoms with van der Waals surface area (Å²) in [6, 6.07) is 9.32. The Hall–Kier alpha value is -1.74. The molecular formula is C14H13F2N. The van der Waals surface area contributed by atoms with Gasteiger partial charge in [-0.2, -0.15) is 0 Å². The third-order valence-corrected chi connectivity index (χ3v) is 2.77. The first-order valence-corrected chi connectivity index (χ1v) is 5.37. The van der Waals surface area contributed by atoms with Crippen molar-refractivity contribution in [3.63, 3.8) is 0 Å². The van der Waals surface area contributed by atoms with Gasteiger partial charge in [-0.15, -0.1) is 0 Å². The average Bonchev–Trinajstić information content (AvgIpc) is 2.30. The third-order valence-electron chi connectivity index (χ3n) is 2.77. The molecule has 17 heavy (non-hydrogen) atoms. The van der Waals surface area contributed by atoms with E-state index in [1.165, 1.54) is 18.2 Å². The van der Waals surface area contributed by atoms with Gasteiger partial charge in [0.15, 0.2) is 0 Å². The quantitative estimate of drug-likeness (QED) is 0.845. The Labute approximate surface area is 98.9 Å². The maximum atomic E-state index is 13.3. The average molecular weight is 233 g/mol. The van der Waals surface area contributed by atoms with Crippen LogP contribution in [0.15, 0.2) is 36.4 Å². The van der Waals surface area contributed by atoms with Crippen LogP contribution in [0.3, 0.4) is 0 Å². The van der Waals surface area contributed by atoms with Gasteiger partial charge in [0.25, 0.3) is 0 Å². The van der Waals surface area contributed by atoms with Crippen molar-refractivity contribution < 1.29 is 8.78 Å². The smallest absolute Gasteiger partial charge is 0.127 e. The third kappa shape index (κ3) is 2.34. The van der Waals surface area contributed by atoms with E-state index in [1.807, 2.05) is 6.92 Å². The summed E-state index contributed by atoms with van der Waals surface area (Å²) in [5, 5.41) is 0. The maximum absolute atomic E-state index is 13.3. The summed E-state index contributed by atoms with van der Waals surface area (Å²) >= 11 is 0. The summed E-state index contributed by atoms with van der Waals surface area (Å²) in [6.07, 6.45) is 0. The molecule has 0 saturated heterocycles. The molecule has 88 valence electrons. The molecule has 2 aromatic rings. The van der Waals surface area contributed by atoms with Gasteiger partial charge in [0.2, 0.25) is 0 Å². The molecule has 3 heteroatoms. The lowest BCUT2D eigenvalue weighted by Crippen LogP contribution is -2.00. The minimum Gasteiger partial charge on any atom is -0.326 e. The molecule has 0 fully saturated rings. The van der Waals surface area contributed by atoms with Crippen molar-refractivity contribution in [3.8, 4) is 11.1 Å². The second kappa shape index (κ2) is 4.63. The predicted octanol–water partition coefficient (Wildman–Crippen LogP) is 3.40. The molecule has 0 aliphatic heterocycles. The summed E-state index contributed by atoms with van der Waals surface area (Å²) in [5.41, 5.74) is 8.48. The highest BCUT2D eigenvalue weighted by Gasteiger charge is 2.06. The molecule has 0 bridgehead atoms. The molecule has 0 amide bonds. The highest BCUT2D eigenvalue weighted by atomic mass is 19.1. The molecule has 0 unspecified atom stereocenters. The van der Waals surface area contributed by atoms with Gasteiger partial charge in [0.05, 0.1) is 0 Å².